The van der Waals surface area contributed by atoms with Gasteiger partial charge >= 0.3 is 0 Å². The lowest BCUT2D eigenvalue weighted by atomic mass is 10.0. The van der Waals surface area contributed by atoms with Crippen molar-refractivity contribution in [2.24, 2.45) is 0 Å². The number of aliphatic hydroxyl groups excluding tert-OH is 1. The van der Waals surface area contributed by atoms with Crippen LogP contribution < -0.4 is 5.43 Å². The van der Waals surface area contributed by atoms with E-state index in [2.05, 4.69) is 0 Å². The summed E-state index contributed by atoms with van der Waals surface area (Å²) < 4.78 is 5.97. The maximum Gasteiger partial charge on any atom is 0.235 e. The largest absolute Gasteiger partial charge is 0.502 e. The summed E-state index contributed by atoms with van der Waals surface area (Å²) in [5.41, 5.74) is 4.21. The van der Waals surface area contributed by atoms with E-state index in [-0.39, 0.29) is 16.9 Å². The minimum Gasteiger partial charge on any atom is -0.502 e. The molecule has 0 bridgehead atoms. The van der Waals surface area contributed by atoms with Gasteiger partial charge in [0.05, 0.1) is 5.39 Å². The van der Waals surface area contributed by atoms with Gasteiger partial charge in [0.1, 0.15) is 5.58 Å². The van der Waals surface area contributed by atoms with Crippen molar-refractivity contribution in [3.05, 3.63) is 63.3 Å². The fourth-order valence-corrected chi connectivity index (χ4v) is 4.50. The molecule has 1 heterocycles. The van der Waals surface area contributed by atoms with Gasteiger partial charge in [-0.15, -0.1) is 0 Å². The summed E-state index contributed by atoms with van der Waals surface area (Å²) in [4.78, 5) is 12.9. The summed E-state index contributed by atoms with van der Waals surface area (Å²) in [6, 6.07) is 11.5. The number of rotatable bonds is 14. The van der Waals surface area contributed by atoms with Gasteiger partial charge < -0.3 is 14.6 Å². The second-order valence-electron chi connectivity index (χ2n) is 9.60. The Bertz CT molecular complexity index is 1110. The van der Waals surface area contributed by atoms with Crippen LogP contribution in [0.15, 0.2) is 45.6 Å². The second-order valence-corrected chi connectivity index (χ2v) is 9.60. The number of unbranched alkanes of at least 4 members (excludes halogenated alkanes) is 10. The molecule has 184 valence electrons. The maximum atomic E-state index is 12.9. The average Bonchev–Trinajstić information content (AvgIpc) is 2.84. The fourth-order valence-electron chi connectivity index (χ4n) is 4.50. The van der Waals surface area contributed by atoms with Crippen LogP contribution in [0.25, 0.3) is 22.3 Å². The van der Waals surface area contributed by atoms with Crippen LogP contribution >= 0.6 is 0 Å². The zero-order valence-corrected chi connectivity index (χ0v) is 20.9. The van der Waals surface area contributed by atoms with Gasteiger partial charge in [-0.3, -0.25) is 4.79 Å². The molecule has 0 atom stereocenters. The lowest BCUT2D eigenvalue weighted by molar-refractivity contribution is 0.282. The fraction of sp³-hybridized carbons (Fsp3) is 0.500. The highest BCUT2D eigenvalue weighted by molar-refractivity contribution is 5.82. The molecule has 34 heavy (non-hydrogen) atoms. The summed E-state index contributed by atoms with van der Waals surface area (Å²) in [6.45, 7) is 4.36. The number of benzene rings is 2. The molecule has 1 aromatic heterocycles. The molecule has 2 aromatic carbocycles. The number of aromatic hydroxyl groups is 1. The molecule has 0 aliphatic heterocycles. The Morgan fingerprint density at radius 2 is 1.35 bits per heavy atom. The van der Waals surface area contributed by atoms with Crippen LogP contribution in [0.4, 0.5) is 0 Å². The molecule has 3 rings (SSSR count). The van der Waals surface area contributed by atoms with E-state index in [1.807, 2.05) is 50.2 Å². The van der Waals surface area contributed by atoms with E-state index in [0.717, 1.165) is 42.4 Å². The Morgan fingerprint density at radius 1 is 0.735 bits per heavy atom. The van der Waals surface area contributed by atoms with E-state index >= 15 is 0 Å². The van der Waals surface area contributed by atoms with Crippen LogP contribution in [-0.4, -0.2) is 16.8 Å². The first-order valence-electron chi connectivity index (χ1n) is 13.0. The zero-order valence-electron chi connectivity index (χ0n) is 20.9. The summed E-state index contributed by atoms with van der Waals surface area (Å²) in [5, 5.41) is 19.8. The van der Waals surface area contributed by atoms with Gasteiger partial charge in [0, 0.05) is 12.2 Å². The van der Waals surface area contributed by atoms with Gasteiger partial charge in [-0.1, -0.05) is 76.0 Å². The lowest BCUT2D eigenvalue weighted by Gasteiger charge is -2.09. The summed E-state index contributed by atoms with van der Waals surface area (Å²) >= 11 is 0. The van der Waals surface area contributed by atoms with E-state index in [0.29, 0.717) is 23.1 Å². The first-order valence-corrected chi connectivity index (χ1v) is 13.0. The van der Waals surface area contributed by atoms with Gasteiger partial charge in [-0.2, -0.15) is 0 Å². The predicted octanol–water partition coefficient (Wildman–Crippen LogP) is 7.61. The van der Waals surface area contributed by atoms with Crippen LogP contribution in [0, 0.1) is 13.8 Å². The highest BCUT2D eigenvalue weighted by Crippen LogP contribution is 2.31. The van der Waals surface area contributed by atoms with Crippen molar-refractivity contribution in [3.63, 3.8) is 0 Å². The smallest absolute Gasteiger partial charge is 0.235 e. The molecular weight excluding hydrogens is 424 g/mol. The number of aliphatic hydroxyl groups is 1. The molecule has 0 unspecified atom stereocenters. The van der Waals surface area contributed by atoms with Gasteiger partial charge in [-0.25, -0.2) is 0 Å². The standard InChI is InChI=1S/C30H40O4/c1-22-15-17-25(20-23(22)2)30-29(33)28(32)26-21-24(16-18-27(26)34-30)14-12-10-8-6-4-3-5-7-9-11-13-19-31/h15-18,20-21,31,33H,3-14,19H2,1-2H3. The molecule has 0 fully saturated rings. The van der Waals surface area contributed by atoms with Crippen molar-refractivity contribution in [2.45, 2.75) is 90.9 Å². The van der Waals surface area contributed by atoms with Gasteiger partial charge in [0.15, 0.2) is 5.76 Å². The molecule has 4 heteroatoms. The Kier molecular flexibility index (Phi) is 10.2. The SMILES string of the molecule is Cc1ccc(-c2oc3ccc(CCCCCCCCCCCCCO)cc3c(=O)c2O)cc1C. The number of hydrogen-bond donors (Lipinski definition) is 2. The van der Waals surface area contributed by atoms with E-state index in [1.165, 1.54) is 51.4 Å². The van der Waals surface area contributed by atoms with E-state index in [9.17, 15) is 9.90 Å². The van der Waals surface area contributed by atoms with Crippen molar-refractivity contribution in [1.29, 1.82) is 0 Å². The number of hydrogen-bond acceptors (Lipinski definition) is 4. The molecule has 0 amide bonds. The molecule has 0 aliphatic rings. The molecule has 0 saturated heterocycles. The molecule has 3 aromatic rings. The van der Waals surface area contributed by atoms with E-state index in [1.54, 1.807) is 0 Å². The third-order valence-corrected chi connectivity index (χ3v) is 6.82. The Morgan fingerprint density at radius 3 is 1.97 bits per heavy atom. The highest BCUT2D eigenvalue weighted by Gasteiger charge is 2.16. The van der Waals surface area contributed by atoms with Crippen LogP contribution in [-0.2, 0) is 6.42 Å². The predicted molar refractivity (Wildman–Crippen MR) is 141 cm³/mol. The minimum absolute atomic E-state index is 0.235. The number of aryl methyl sites for hydroxylation is 3. The van der Waals surface area contributed by atoms with Gasteiger partial charge in [0.2, 0.25) is 11.2 Å². The first kappa shape index (κ1) is 26.0. The maximum absolute atomic E-state index is 12.9. The minimum atomic E-state index is -0.368. The third kappa shape index (κ3) is 7.20. The van der Waals surface area contributed by atoms with Gasteiger partial charge in [0.25, 0.3) is 0 Å². The van der Waals surface area contributed by atoms with E-state index in [4.69, 9.17) is 9.52 Å². The summed E-state index contributed by atoms with van der Waals surface area (Å²) in [7, 11) is 0. The van der Waals surface area contributed by atoms with Crippen LogP contribution in [0.2, 0.25) is 0 Å². The molecule has 0 aliphatic carbocycles. The highest BCUT2D eigenvalue weighted by atomic mass is 16.4. The van der Waals surface area contributed by atoms with Crippen molar-refractivity contribution < 1.29 is 14.6 Å². The van der Waals surface area contributed by atoms with Crippen molar-refractivity contribution in [2.75, 3.05) is 6.61 Å². The molecule has 0 radical (unpaired) electrons. The zero-order chi connectivity index (χ0) is 24.3. The Labute approximate surface area is 203 Å². The molecular formula is C30H40O4. The molecule has 0 spiro atoms. The topological polar surface area (TPSA) is 70.7 Å². The van der Waals surface area contributed by atoms with Crippen molar-refractivity contribution in [1.82, 2.24) is 0 Å². The number of fused-ring (bicyclic) bond motifs is 1. The van der Waals surface area contributed by atoms with Crippen molar-refractivity contribution >= 4 is 11.0 Å². The Hall–Kier alpha value is -2.59. The van der Waals surface area contributed by atoms with E-state index < -0.39 is 0 Å². The van der Waals surface area contributed by atoms with Gasteiger partial charge in [-0.05, 0) is 68.0 Å². The third-order valence-electron chi connectivity index (χ3n) is 6.82. The summed E-state index contributed by atoms with van der Waals surface area (Å²) in [6.07, 6.45) is 14.3. The van der Waals surface area contributed by atoms with Crippen LogP contribution in [0.3, 0.4) is 0 Å². The molecule has 4 nitrogen and oxygen atoms in total. The van der Waals surface area contributed by atoms with Crippen molar-refractivity contribution in [3.8, 4) is 17.1 Å². The second kappa shape index (κ2) is 13.3. The first-order chi connectivity index (χ1) is 16.5. The summed E-state index contributed by atoms with van der Waals surface area (Å²) in [5.74, 6) is -0.0835. The molecule has 0 saturated carbocycles. The van der Waals surface area contributed by atoms with Crippen LogP contribution in [0.1, 0.15) is 87.3 Å². The Balaban J connectivity index is 1.49. The monoisotopic (exact) mass is 464 g/mol. The van der Waals surface area contributed by atoms with Crippen LogP contribution in [0.5, 0.6) is 5.75 Å². The quantitative estimate of drug-likeness (QED) is 0.241. The lowest BCUT2D eigenvalue weighted by Crippen LogP contribution is -2.03. The normalized spacial score (nSPS) is 11.4. The average molecular weight is 465 g/mol. The molecule has 2 N–H and O–H groups in total.